The van der Waals surface area contributed by atoms with Crippen LogP contribution in [-0.2, 0) is 0 Å². The molecule has 0 unspecified atom stereocenters. The molecule has 30 aromatic rings. The van der Waals surface area contributed by atoms with Gasteiger partial charge >= 0.3 is 0 Å². The van der Waals surface area contributed by atoms with Crippen LogP contribution in [0.5, 0.6) is 0 Å². The fourth-order valence-electron chi connectivity index (χ4n) is 20.9. The van der Waals surface area contributed by atoms with Gasteiger partial charge in [-0.1, -0.05) is 237 Å². The minimum Gasteiger partial charge on any atom is -0.309 e. The first-order chi connectivity index (χ1) is 69.5. The summed E-state index contributed by atoms with van der Waals surface area (Å²) in [5, 5.41) is 24.4. The fraction of sp³-hybridized carbons (Fsp3) is 0. The predicted molar refractivity (Wildman–Crippen MR) is 590 cm³/mol. The molecule has 16 heteroatoms. The Morgan fingerprint density at radius 3 is 0.879 bits per heavy atom. The second-order valence-electron chi connectivity index (χ2n) is 34.9. The molecule has 0 saturated heterocycles. The first-order valence-corrected chi connectivity index (χ1v) is 50.3. The van der Waals surface area contributed by atoms with Crippen molar-refractivity contribution in [2.24, 2.45) is 0 Å². The zero-order chi connectivity index (χ0) is 92.2. The Morgan fingerprint density at radius 2 is 0.457 bits per heavy atom. The number of hydrogen-bond donors (Lipinski definition) is 0. The van der Waals surface area contributed by atoms with Crippen molar-refractivity contribution in [3.8, 4) is 91.1 Å². The van der Waals surface area contributed by atoms with Gasteiger partial charge in [-0.05, 0) is 243 Å². The lowest BCUT2D eigenvalue weighted by Crippen LogP contribution is -2.00. The highest BCUT2D eigenvalue weighted by Crippen LogP contribution is 2.46. The van der Waals surface area contributed by atoms with E-state index in [1.165, 1.54) is 128 Å². The van der Waals surface area contributed by atoms with Crippen molar-refractivity contribution in [3.63, 3.8) is 0 Å². The average molecular weight is 1870 g/mol. The quantitative estimate of drug-likeness (QED) is 0.122. The smallest absolute Gasteiger partial charge is 0.145 e. The number of hydrogen-bond acceptors (Lipinski definition) is 8. The van der Waals surface area contributed by atoms with E-state index in [-0.39, 0.29) is 0 Å². The van der Waals surface area contributed by atoms with E-state index in [9.17, 15) is 0 Å². The molecule has 0 atom stereocenters. The van der Waals surface area contributed by atoms with Crippen molar-refractivity contribution in [1.29, 1.82) is 0 Å². The summed E-state index contributed by atoms with van der Waals surface area (Å²) >= 11 is 7.26. The molecular formula is C124H80N12S4. The third-order valence-corrected chi connectivity index (χ3v) is 30.8. The average Bonchev–Trinajstić information content (AvgIpc) is 1.59. The van der Waals surface area contributed by atoms with Crippen LogP contribution >= 0.6 is 45.3 Å². The van der Waals surface area contributed by atoms with Gasteiger partial charge in [0.25, 0.3) is 0 Å². The zero-order valence-electron chi connectivity index (χ0n) is 75.2. The standard InChI is InChI=1S/2C33H21N3S.2C29H19N3S/c1-2-10-24(11-3-1)36-29-16-7-5-14-27(29)34-33(36)23-9-8-12-25(21-23)35-28-15-6-4-13-26(28)31-30(35)18-17-22-19-20-37-32(22)31;1-2-9-23(10-3-1)33-34-27-14-5-7-16-29(27)36(33)25-12-8-11-24(21-25)35-28-15-6-4-13-26(28)31-30(35)18-17-22-19-20-37-32(22)31;1-2-6-21(7-3-1)29-30-17-18-31(29)22-11-13-23(14-12-22)32-25-9-5-4-8-24(25)27-26(32)15-10-20-16-19-33-28(20)27;1-2-6-22(7-3-1)31-18-17-30-29(31)21-10-13-23(14-11-21)32-25-9-5-4-8-24(25)27-26(32)15-12-20-16-19-33-28(20)27/h2*1-21H;2*1-19H. The number of thiophene rings is 4. The normalized spacial score (nSPS) is 11.7. The van der Waals surface area contributed by atoms with Gasteiger partial charge in [0.2, 0.25) is 0 Å². The summed E-state index contributed by atoms with van der Waals surface area (Å²) in [5.74, 6) is 3.77. The molecule has 0 fully saturated rings. The van der Waals surface area contributed by atoms with Crippen LogP contribution in [0, 0.1) is 0 Å². The summed E-state index contributed by atoms with van der Waals surface area (Å²) in [7, 11) is 0. The molecule has 30 rings (SSSR count). The second-order valence-corrected chi connectivity index (χ2v) is 38.6. The first kappa shape index (κ1) is 81.9. The van der Waals surface area contributed by atoms with Gasteiger partial charge < -0.3 is 18.3 Å². The lowest BCUT2D eigenvalue weighted by atomic mass is 10.1. The van der Waals surface area contributed by atoms with Gasteiger partial charge in [-0.2, -0.15) is 0 Å². The molecule has 0 N–H and O–H groups in total. The van der Waals surface area contributed by atoms with Crippen molar-refractivity contribution in [2.75, 3.05) is 0 Å². The lowest BCUT2D eigenvalue weighted by Gasteiger charge is -2.13. The summed E-state index contributed by atoms with van der Waals surface area (Å²) in [6, 6.07) is 155. The van der Waals surface area contributed by atoms with Gasteiger partial charge in [-0.3, -0.25) is 18.3 Å². The molecule has 0 saturated carbocycles. The van der Waals surface area contributed by atoms with Crippen molar-refractivity contribution < 1.29 is 0 Å². The largest absolute Gasteiger partial charge is 0.309 e. The van der Waals surface area contributed by atoms with Gasteiger partial charge in [-0.15, -0.1) is 45.3 Å². The molecule has 0 spiro atoms. The predicted octanol–water partition coefficient (Wildman–Crippen LogP) is 33.7. The molecule has 18 aromatic carbocycles. The maximum absolute atomic E-state index is 5.10. The summed E-state index contributed by atoms with van der Waals surface area (Å²) in [6.07, 6.45) is 7.74. The molecule has 0 aliphatic heterocycles. The molecule has 660 valence electrons. The molecule has 140 heavy (non-hydrogen) atoms. The van der Waals surface area contributed by atoms with Crippen molar-refractivity contribution in [2.45, 2.75) is 0 Å². The van der Waals surface area contributed by atoms with Crippen molar-refractivity contribution in [3.05, 3.63) is 483 Å². The Bertz CT molecular complexity index is 9700. The third-order valence-electron chi connectivity index (χ3n) is 27.0. The van der Waals surface area contributed by atoms with Gasteiger partial charge in [-0.25, -0.2) is 19.9 Å². The van der Waals surface area contributed by atoms with Crippen molar-refractivity contribution in [1.82, 2.24) is 56.5 Å². The SMILES string of the molecule is c1ccc(-c2nc3ccccc3n2-c2cccc(-n3c4ccccc4c4c5sccc5ccc43)c2)cc1.c1ccc(-c2nccn2-c2ccc(-n3c4ccccc4c4c5sccc5ccc43)cc2)cc1.c1ccc(-n2c(-c3cccc(-n4c5ccccc5c5c6sccc6ccc54)c3)nc3ccccc32)cc1.c1ccc(-n2ccnc2-c2ccc(-n3c4ccccc4c4c5sccc5ccc43)cc2)cc1. The molecule has 12 heterocycles. The molecular weight excluding hydrogens is 1790 g/mol. The summed E-state index contributed by atoms with van der Waals surface area (Å²) in [5.41, 5.74) is 27.4. The van der Waals surface area contributed by atoms with E-state index >= 15 is 0 Å². The maximum Gasteiger partial charge on any atom is 0.145 e. The molecule has 0 aliphatic carbocycles. The van der Waals surface area contributed by atoms with Crippen LogP contribution < -0.4 is 0 Å². The Labute approximate surface area is 819 Å². The van der Waals surface area contributed by atoms with E-state index in [0.717, 1.165) is 113 Å². The van der Waals surface area contributed by atoms with E-state index in [2.05, 4.69) is 462 Å². The molecule has 0 aliphatic rings. The molecule has 0 amide bonds. The van der Waals surface area contributed by atoms with Crippen LogP contribution in [0.25, 0.3) is 241 Å². The number of fused-ring (bicyclic) bond motifs is 22. The van der Waals surface area contributed by atoms with Gasteiger partial charge in [0.1, 0.15) is 23.3 Å². The van der Waals surface area contributed by atoms with Crippen LogP contribution in [0.1, 0.15) is 0 Å². The number of benzene rings is 18. The Hall–Kier alpha value is -17.6. The number of imidazole rings is 4. The highest BCUT2D eigenvalue weighted by molar-refractivity contribution is 7.19. The minimum atomic E-state index is 0.940. The molecule has 0 radical (unpaired) electrons. The lowest BCUT2D eigenvalue weighted by molar-refractivity contribution is 1.06. The highest BCUT2D eigenvalue weighted by Gasteiger charge is 2.25. The number of rotatable bonds is 12. The van der Waals surface area contributed by atoms with Crippen LogP contribution in [0.2, 0.25) is 0 Å². The first-order valence-electron chi connectivity index (χ1n) is 46.7. The van der Waals surface area contributed by atoms with Crippen LogP contribution in [-0.4, -0.2) is 56.5 Å². The summed E-state index contributed by atoms with van der Waals surface area (Å²) < 4.78 is 23.7. The van der Waals surface area contributed by atoms with Gasteiger partial charge in [0.15, 0.2) is 0 Å². The fourth-order valence-corrected chi connectivity index (χ4v) is 24.7. The maximum atomic E-state index is 5.10. The topological polar surface area (TPSA) is 91.0 Å². The second kappa shape index (κ2) is 34.3. The Kier molecular flexibility index (Phi) is 20.1. The minimum absolute atomic E-state index is 0.940. The van der Waals surface area contributed by atoms with Crippen LogP contribution in [0.15, 0.2) is 483 Å². The number of nitrogens with zero attached hydrogens (tertiary/aromatic N) is 12. The van der Waals surface area contributed by atoms with Crippen LogP contribution in [0.4, 0.5) is 0 Å². The zero-order valence-corrected chi connectivity index (χ0v) is 78.5. The monoisotopic (exact) mass is 1860 g/mol. The van der Waals surface area contributed by atoms with E-state index in [4.69, 9.17) is 9.97 Å². The molecule has 12 nitrogen and oxygen atoms in total. The third kappa shape index (κ3) is 13.8. The number of aromatic nitrogens is 12. The highest BCUT2D eigenvalue weighted by atomic mass is 32.1. The van der Waals surface area contributed by atoms with E-state index in [1.54, 1.807) is 0 Å². The van der Waals surface area contributed by atoms with Crippen molar-refractivity contribution >= 4 is 195 Å². The Morgan fingerprint density at radius 1 is 0.179 bits per heavy atom. The molecule has 12 aromatic heterocycles. The van der Waals surface area contributed by atoms with Gasteiger partial charge in [0, 0.05) is 154 Å². The van der Waals surface area contributed by atoms with Crippen LogP contribution in [0.3, 0.4) is 0 Å². The number of para-hydroxylation sites is 10. The van der Waals surface area contributed by atoms with E-state index in [0.29, 0.717) is 0 Å². The summed E-state index contributed by atoms with van der Waals surface area (Å²) in [6.45, 7) is 0. The van der Waals surface area contributed by atoms with E-state index < -0.39 is 0 Å². The summed E-state index contributed by atoms with van der Waals surface area (Å²) in [4.78, 5) is 19.4. The Balaban J connectivity index is 0.0000000939. The molecule has 0 bridgehead atoms. The van der Waals surface area contributed by atoms with E-state index in [1.807, 2.05) is 113 Å². The van der Waals surface area contributed by atoms with Gasteiger partial charge in [0.05, 0.1) is 66.2 Å².